The smallest absolute Gasteiger partial charge is 0.107 e. The summed E-state index contributed by atoms with van der Waals surface area (Å²) in [5, 5.41) is 1.60. The Balaban J connectivity index is 0.000000747. The lowest BCUT2D eigenvalue weighted by atomic mass is 10.1. The van der Waals surface area contributed by atoms with Crippen LogP contribution in [0.15, 0.2) is 47.2 Å². The summed E-state index contributed by atoms with van der Waals surface area (Å²) >= 11 is 15.7. The fourth-order valence-electron chi connectivity index (χ4n) is 2.94. The van der Waals surface area contributed by atoms with E-state index in [-0.39, 0.29) is 0 Å². The maximum Gasteiger partial charge on any atom is 0.107 e. The summed E-state index contributed by atoms with van der Waals surface area (Å²) in [6.45, 7) is 17.8. The van der Waals surface area contributed by atoms with Crippen molar-refractivity contribution >= 4 is 57.7 Å². The molecule has 1 saturated heterocycles. The number of nitrogens with one attached hydrogen (secondary N) is 1. The van der Waals surface area contributed by atoms with Crippen molar-refractivity contribution in [1.82, 2.24) is 4.90 Å². The van der Waals surface area contributed by atoms with E-state index < -0.39 is 6.67 Å². The molecule has 2 nitrogen and oxygen atoms in total. The molecule has 0 bridgehead atoms. The second-order valence-corrected chi connectivity index (χ2v) is 10.9. The number of likely N-dealkylation sites (tertiary alicyclic amines) is 1. The molecule has 34 heavy (non-hydrogen) atoms. The van der Waals surface area contributed by atoms with Crippen molar-refractivity contribution in [3.63, 3.8) is 0 Å². The molecule has 1 fully saturated rings. The maximum absolute atomic E-state index is 10.6. The zero-order chi connectivity index (χ0) is 26.1. The number of benzene rings is 1. The van der Waals surface area contributed by atoms with Gasteiger partial charge in [0, 0.05) is 15.6 Å². The molecular weight excluding hydrogens is 506 g/mol. The minimum Gasteiger partial charge on any atom is -0.325 e. The van der Waals surface area contributed by atoms with Gasteiger partial charge in [-0.1, -0.05) is 63.0 Å². The van der Waals surface area contributed by atoms with Crippen LogP contribution in [-0.4, -0.2) is 31.7 Å². The van der Waals surface area contributed by atoms with Crippen molar-refractivity contribution in [3.8, 4) is 0 Å². The van der Waals surface area contributed by atoms with E-state index in [0.717, 1.165) is 30.4 Å². The van der Waals surface area contributed by atoms with Crippen LogP contribution in [0.4, 0.5) is 10.1 Å². The molecule has 0 spiro atoms. The van der Waals surface area contributed by atoms with Crippen LogP contribution in [0, 0.1) is 12.8 Å². The number of allylic oxidation sites excluding steroid dienone is 3. The first-order chi connectivity index (χ1) is 16.2. The second kappa shape index (κ2) is 19.2. The summed E-state index contributed by atoms with van der Waals surface area (Å²) in [7, 11) is 2.17. The molecule has 2 heterocycles. The van der Waals surface area contributed by atoms with Gasteiger partial charge in [-0.05, 0) is 100 Å². The van der Waals surface area contributed by atoms with Crippen LogP contribution in [-0.2, 0) is 0 Å². The third-order valence-electron chi connectivity index (χ3n) is 4.47. The summed E-state index contributed by atoms with van der Waals surface area (Å²) < 4.78 is 15.1. The third kappa shape index (κ3) is 13.8. The Morgan fingerprint density at radius 1 is 1.21 bits per heavy atom. The van der Waals surface area contributed by atoms with Gasteiger partial charge < -0.3 is 9.62 Å². The Kier molecular flexibility index (Phi) is 18.7. The molecule has 1 aliphatic heterocycles. The van der Waals surface area contributed by atoms with E-state index in [1.807, 2.05) is 45.0 Å². The minimum absolute atomic E-state index is 0.417. The van der Waals surface area contributed by atoms with E-state index in [1.165, 1.54) is 37.6 Å². The molecule has 0 atom stereocenters. The van der Waals surface area contributed by atoms with Crippen molar-refractivity contribution < 1.29 is 4.39 Å². The lowest BCUT2D eigenvalue weighted by Crippen LogP contribution is -2.10. The molecule has 1 aliphatic rings. The Hall–Kier alpha value is -0.980. The molecule has 7 heteroatoms. The normalized spacial score (nSPS) is 13.2. The summed E-state index contributed by atoms with van der Waals surface area (Å²) in [6.07, 6.45) is 6.27. The number of thiophene rings is 1. The number of hydrogen-bond donors (Lipinski definition) is 1. The summed E-state index contributed by atoms with van der Waals surface area (Å²) in [6, 6.07) is 7.93. The first-order valence-corrected chi connectivity index (χ1v) is 14.1. The SMILES string of the molecule is C/C(=C\C(C)C)c1sc(SNc2ccc(Cl)c(C)c2)cc1Cl.C=CCF.CC.CN1CCCC1. The molecule has 0 aliphatic carbocycles. The highest BCUT2D eigenvalue weighted by molar-refractivity contribution is 8.02. The fraction of sp³-hybridized carbons (Fsp3) is 0.481. The summed E-state index contributed by atoms with van der Waals surface area (Å²) in [4.78, 5) is 3.51. The minimum atomic E-state index is -0.417. The van der Waals surface area contributed by atoms with E-state index in [2.05, 4.69) is 50.1 Å². The molecule has 192 valence electrons. The zero-order valence-electron chi connectivity index (χ0n) is 21.7. The average molecular weight is 548 g/mol. The molecular formula is C27H41Cl2FN2S2. The van der Waals surface area contributed by atoms with Crippen molar-refractivity contribution in [2.75, 3.05) is 31.5 Å². The van der Waals surface area contributed by atoms with Gasteiger partial charge in [-0.15, -0.1) is 17.9 Å². The Morgan fingerprint density at radius 3 is 2.24 bits per heavy atom. The highest BCUT2D eigenvalue weighted by atomic mass is 35.5. The average Bonchev–Trinajstić information content (AvgIpc) is 3.44. The van der Waals surface area contributed by atoms with Crippen molar-refractivity contribution in [1.29, 1.82) is 0 Å². The topological polar surface area (TPSA) is 15.3 Å². The van der Waals surface area contributed by atoms with Crippen LogP contribution in [0.2, 0.25) is 10.0 Å². The number of hydrogen-bond acceptors (Lipinski definition) is 4. The van der Waals surface area contributed by atoms with E-state index in [9.17, 15) is 4.39 Å². The third-order valence-corrected chi connectivity index (χ3v) is 7.53. The summed E-state index contributed by atoms with van der Waals surface area (Å²) in [5.74, 6) is 0.518. The van der Waals surface area contributed by atoms with Crippen LogP contribution in [0.1, 0.15) is 57.9 Å². The highest BCUT2D eigenvalue weighted by Gasteiger charge is 2.10. The van der Waals surface area contributed by atoms with E-state index in [1.54, 1.807) is 23.3 Å². The van der Waals surface area contributed by atoms with Crippen LogP contribution in [0.25, 0.3) is 5.57 Å². The van der Waals surface area contributed by atoms with Crippen LogP contribution < -0.4 is 4.72 Å². The van der Waals surface area contributed by atoms with Crippen LogP contribution in [0.5, 0.6) is 0 Å². The van der Waals surface area contributed by atoms with Gasteiger partial charge in [0.05, 0.1) is 9.23 Å². The van der Waals surface area contributed by atoms with E-state index in [4.69, 9.17) is 23.2 Å². The van der Waals surface area contributed by atoms with Gasteiger partial charge >= 0.3 is 0 Å². The number of alkyl halides is 1. The number of rotatable bonds is 6. The lowest BCUT2D eigenvalue weighted by molar-refractivity contribution is 0.418. The maximum atomic E-state index is 10.6. The number of nitrogens with zero attached hydrogens (tertiary/aromatic N) is 1. The first-order valence-electron chi connectivity index (χ1n) is 11.7. The van der Waals surface area contributed by atoms with Gasteiger partial charge in [-0.25, -0.2) is 4.39 Å². The van der Waals surface area contributed by atoms with Gasteiger partial charge in [0.2, 0.25) is 0 Å². The van der Waals surface area contributed by atoms with Crippen molar-refractivity contribution in [2.24, 2.45) is 5.92 Å². The van der Waals surface area contributed by atoms with Crippen molar-refractivity contribution in [3.05, 3.63) is 63.5 Å². The number of anilines is 1. The monoisotopic (exact) mass is 546 g/mol. The molecule has 0 unspecified atom stereocenters. The Morgan fingerprint density at radius 2 is 1.79 bits per heavy atom. The fourth-order valence-corrected chi connectivity index (χ4v) is 5.38. The van der Waals surface area contributed by atoms with Gasteiger partial charge in [-0.2, -0.15) is 0 Å². The van der Waals surface area contributed by atoms with Crippen molar-refractivity contribution in [2.45, 2.75) is 58.6 Å². The van der Waals surface area contributed by atoms with Gasteiger partial charge in [0.1, 0.15) is 6.67 Å². The molecule has 0 saturated carbocycles. The van der Waals surface area contributed by atoms with Gasteiger partial charge in [0.25, 0.3) is 0 Å². The number of halogens is 3. The predicted molar refractivity (Wildman–Crippen MR) is 158 cm³/mol. The quantitative estimate of drug-likeness (QED) is 0.286. The van der Waals surface area contributed by atoms with Gasteiger partial charge in [0.15, 0.2) is 0 Å². The second-order valence-electron chi connectivity index (χ2n) is 7.96. The molecule has 1 aromatic heterocycles. The highest BCUT2D eigenvalue weighted by Crippen LogP contribution is 2.38. The van der Waals surface area contributed by atoms with Crippen LogP contribution >= 0.6 is 46.5 Å². The Labute approximate surface area is 225 Å². The molecule has 2 aromatic rings. The molecule has 0 amide bonds. The predicted octanol–water partition coefficient (Wildman–Crippen LogP) is 10.4. The first kappa shape index (κ1) is 33.0. The molecule has 1 N–H and O–H groups in total. The largest absolute Gasteiger partial charge is 0.325 e. The molecule has 0 radical (unpaired) electrons. The van der Waals surface area contributed by atoms with E-state index in [0.29, 0.717) is 5.92 Å². The summed E-state index contributed by atoms with van der Waals surface area (Å²) in [5.41, 5.74) is 3.33. The Bertz CT molecular complexity index is 860. The number of aryl methyl sites for hydroxylation is 1. The lowest BCUT2D eigenvalue weighted by Gasteiger charge is -2.05. The van der Waals surface area contributed by atoms with Gasteiger partial charge in [-0.3, -0.25) is 0 Å². The molecule has 1 aromatic carbocycles. The molecule has 3 rings (SSSR count). The van der Waals surface area contributed by atoms with Crippen LogP contribution in [0.3, 0.4) is 0 Å². The van der Waals surface area contributed by atoms with E-state index >= 15 is 0 Å². The standard InChI is InChI=1S/C17H19Cl2NS2.C5H11N.C3H5F.C2H6/c1-10(2)7-12(4)17-15(19)9-16(21-17)22-20-13-5-6-14(18)11(3)8-13;1-6-4-2-3-5-6;1-2-3-4;1-2/h5-10,20H,1-4H3;2-5H2,1H3;2H,1,3H2;1-2H3/b12-7+;;;. The zero-order valence-corrected chi connectivity index (χ0v) is 24.8.